The lowest BCUT2D eigenvalue weighted by molar-refractivity contribution is -0.130. The number of hydrogen-bond acceptors (Lipinski definition) is 3. The Bertz CT molecular complexity index is 391. The molecule has 92 valence electrons. The largest absolute Gasteiger partial charge is 0.376 e. The molecule has 0 bridgehead atoms. The number of piperidine rings is 1. The van der Waals surface area contributed by atoms with Crippen LogP contribution in [-0.2, 0) is 4.79 Å². The summed E-state index contributed by atoms with van der Waals surface area (Å²) in [4.78, 5) is 17.1. The molecule has 5 heteroatoms. The van der Waals surface area contributed by atoms with Gasteiger partial charge in [-0.2, -0.15) is 4.39 Å². The molecule has 1 N–H and O–H groups in total. The Kier molecular flexibility index (Phi) is 3.90. The molecule has 0 aliphatic carbocycles. The molecule has 2 rings (SSSR count). The molecular formula is C12H16FN3O. The van der Waals surface area contributed by atoms with Gasteiger partial charge in [-0.1, -0.05) is 0 Å². The maximum Gasteiger partial charge on any atom is 0.241 e. The first-order valence-corrected chi connectivity index (χ1v) is 5.89. The van der Waals surface area contributed by atoms with E-state index in [-0.39, 0.29) is 12.5 Å². The van der Waals surface area contributed by atoms with Gasteiger partial charge in [0.15, 0.2) is 0 Å². The van der Waals surface area contributed by atoms with Gasteiger partial charge < -0.3 is 10.2 Å². The number of likely N-dealkylation sites (tertiary alicyclic amines) is 1. The quantitative estimate of drug-likeness (QED) is 0.813. The molecule has 0 aromatic carbocycles. The van der Waals surface area contributed by atoms with Crippen LogP contribution in [0.15, 0.2) is 18.3 Å². The minimum atomic E-state index is -0.541. The number of nitrogens with one attached hydrogen (secondary N) is 1. The summed E-state index contributed by atoms with van der Waals surface area (Å²) in [6.07, 6.45) is 4.74. The molecule has 0 radical (unpaired) electrons. The summed E-state index contributed by atoms with van der Waals surface area (Å²) in [6, 6.07) is 2.93. The van der Waals surface area contributed by atoms with Gasteiger partial charge in [-0.3, -0.25) is 4.79 Å². The van der Waals surface area contributed by atoms with E-state index >= 15 is 0 Å². The Labute approximate surface area is 99.8 Å². The van der Waals surface area contributed by atoms with Crippen molar-refractivity contribution in [1.82, 2.24) is 9.88 Å². The van der Waals surface area contributed by atoms with Crippen LogP contribution in [0.5, 0.6) is 0 Å². The summed E-state index contributed by atoms with van der Waals surface area (Å²) in [7, 11) is 0. The van der Waals surface area contributed by atoms with Crippen LogP contribution in [0.2, 0.25) is 0 Å². The van der Waals surface area contributed by atoms with Crippen LogP contribution in [0.1, 0.15) is 19.3 Å². The van der Waals surface area contributed by atoms with Gasteiger partial charge in [-0.25, -0.2) is 4.98 Å². The Morgan fingerprint density at radius 2 is 2.18 bits per heavy atom. The van der Waals surface area contributed by atoms with Gasteiger partial charge in [0.25, 0.3) is 0 Å². The van der Waals surface area contributed by atoms with E-state index in [0.717, 1.165) is 25.9 Å². The van der Waals surface area contributed by atoms with Gasteiger partial charge in [0.05, 0.1) is 6.54 Å². The van der Waals surface area contributed by atoms with Gasteiger partial charge >= 0.3 is 0 Å². The van der Waals surface area contributed by atoms with E-state index in [1.54, 1.807) is 6.07 Å². The summed E-state index contributed by atoms with van der Waals surface area (Å²) in [5.74, 6) is -0.470. The minimum absolute atomic E-state index is 0.0712. The number of carbonyl (C=O) groups excluding carboxylic acids is 1. The molecule has 4 nitrogen and oxygen atoms in total. The maximum atomic E-state index is 12.8. The third kappa shape index (κ3) is 3.41. The fraction of sp³-hybridized carbons (Fsp3) is 0.500. The van der Waals surface area contributed by atoms with Crippen LogP contribution in [0.4, 0.5) is 10.1 Å². The van der Waals surface area contributed by atoms with Crippen molar-refractivity contribution in [3.63, 3.8) is 0 Å². The van der Waals surface area contributed by atoms with E-state index in [1.807, 2.05) is 4.90 Å². The highest BCUT2D eigenvalue weighted by atomic mass is 19.1. The minimum Gasteiger partial charge on any atom is -0.376 e. The zero-order valence-corrected chi connectivity index (χ0v) is 9.66. The summed E-state index contributed by atoms with van der Waals surface area (Å²) >= 11 is 0. The van der Waals surface area contributed by atoms with Gasteiger partial charge in [-0.15, -0.1) is 0 Å². The van der Waals surface area contributed by atoms with Crippen LogP contribution in [-0.4, -0.2) is 35.4 Å². The van der Waals surface area contributed by atoms with Crippen molar-refractivity contribution >= 4 is 11.6 Å². The number of nitrogens with zero attached hydrogens (tertiary/aromatic N) is 2. The van der Waals surface area contributed by atoms with Crippen molar-refractivity contribution < 1.29 is 9.18 Å². The molecular weight excluding hydrogens is 221 g/mol. The van der Waals surface area contributed by atoms with E-state index in [0.29, 0.717) is 5.69 Å². The second-order valence-electron chi connectivity index (χ2n) is 4.16. The van der Waals surface area contributed by atoms with Crippen molar-refractivity contribution in [2.24, 2.45) is 0 Å². The van der Waals surface area contributed by atoms with E-state index < -0.39 is 5.95 Å². The number of pyridine rings is 1. The van der Waals surface area contributed by atoms with Crippen molar-refractivity contribution in [2.45, 2.75) is 19.3 Å². The molecule has 1 saturated heterocycles. The molecule has 0 spiro atoms. The highest BCUT2D eigenvalue weighted by Crippen LogP contribution is 2.10. The number of amides is 1. The smallest absolute Gasteiger partial charge is 0.241 e. The van der Waals surface area contributed by atoms with E-state index in [4.69, 9.17) is 0 Å². The Morgan fingerprint density at radius 3 is 2.88 bits per heavy atom. The predicted molar refractivity (Wildman–Crippen MR) is 63.1 cm³/mol. The molecule has 0 saturated carbocycles. The average Bonchev–Trinajstić information content (AvgIpc) is 2.37. The average molecular weight is 237 g/mol. The molecule has 1 aliphatic rings. The summed E-state index contributed by atoms with van der Waals surface area (Å²) < 4.78 is 12.8. The molecule has 0 unspecified atom stereocenters. The number of aromatic nitrogens is 1. The Hall–Kier alpha value is -1.65. The molecule has 1 amide bonds. The standard InChI is InChI=1S/C12H16FN3O/c13-11-8-10(4-5-14-11)15-9-12(17)16-6-2-1-3-7-16/h4-5,8H,1-3,6-7,9H2,(H,14,15). The van der Waals surface area contributed by atoms with Crippen molar-refractivity contribution in [3.05, 3.63) is 24.3 Å². The van der Waals surface area contributed by atoms with Gasteiger partial charge in [0.1, 0.15) is 0 Å². The zero-order chi connectivity index (χ0) is 12.1. The number of anilines is 1. The molecule has 1 aliphatic heterocycles. The molecule has 1 aromatic rings. The van der Waals surface area contributed by atoms with Crippen molar-refractivity contribution in [1.29, 1.82) is 0 Å². The van der Waals surface area contributed by atoms with Gasteiger partial charge in [-0.05, 0) is 25.3 Å². The topological polar surface area (TPSA) is 45.2 Å². The van der Waals surface area contributed by atoms with Crippen LogP contribution in [0, 0.1) is 5.95 Å². The maximum absolute atomic E-state index is 12.8. The third-order valence-electron chi connectivity index (χ3n) is 2.88. The molecule has 0 atom stereocenters. The lowest BCUT2D eigenvalue weighted by Crippen LogP contribution is -2.39. The zero-order valence-electron chi connectivity index (χ0n) is 9.66. The second-order valence-corrected chi connectivity index (χ2v) is 4.16. The number of rotatable bonds is 3. The molecule has 17 heavy (non-hydrogen) atoms. The monoisotopic (exact) mass is 237 g/mol. The lowest BCUT2D eigenvalue weighted by atomic mass is 10.1. The van der Waals surface area contributed by atoms with Crippen molar-refractivity contribution in [3.8, 4) is 0 Å². The first-order chi connectivity index (χ1) is 8.25. The summed E-state index contributed by atoms with van der Waals surface area (Å²) in [5.41, 5.74) is 0.586. The van der Waals surface area contributed by atoms with E-state index in [2.05, 4.69) is 10.3 Å². The van der Waals surface area contributed by atoms with Crippen molar-refractivity contribution in [2.75, 3.05) is 25.0 Å². The van der Waals surface area contributed by atoms with Crippen LogP contribution >= 0.6 is 0 Å². The fourth-order valence-electron chi connectivity index (χ4n) is 1.95. The SMILES string of the molecule is O=C(CNc1ccnc(F)c1)N1CCCCC1. The highest BCUT2D eigenvalue weighted by molar-refractivity contribution is 5.80. The normalized spacial score (nSPS) is 15.7. The van der Waals surface area contributed by atoms with E-state index in [9.17, 15) is 9.18 Å². The number of carbonyl (C=O) groups is 1. The van der Waals surface area contributed by atoms with E-state index in [1.165, 1.54) is 18.7 Å². The number of hydrogen-bond donors (Lipinski definition) is 1. The number of halogens is 1. The van der Waals surface area contributed by atoms with Gasteiger partial charge in [0.2, 0.25) is 11.9 Å². The first kappa shape index (κ1) is 11.8. The first-order valence-electron chi connectivity index (χ1n) is 5.89. The molecule has 1 fully saturated rings. The summed E-state index contributed by atoms with van der Waals surface area (Å²) in [5, 5.41) is 2.91. The van der Waals surface area contributed by atoms with Crippen LogP contribution < -0.4 is 5.32 Å². The second kappa shape index (κ2) is 5.61. The van der Waals surface area contributed by atoms with Gasteiger partial charge in [0, 0.05) is 31.0 Å². The Balaban J connectivity index is 1.83. The highest BCUT2D eigenvalue weighted by Gasteiger charge is 2.15. The van der Waals surface area contributed by atoms with Crippen LogP contribution in [0.25, 0.3) is 0 Å². The fourth-order valence-corrected chi connectivity index (χ4v) is 1.95. The third-order valence-corrected chi connectivity index (χ3v) is 2.88. The lowest BCUT2D eigenvalue weighted by Gasteiger charge is -2.26. The molecule has 1 aromatic heterocycles. The summed E-state index contributed by atoms with van der Waals surface area (Å²) in [6.45, 7) is 1.89. The predicted octanol–water partition coefficient (Wildman–Crippen LogP) is 1.65. The Morgan fingerprint density at radius 1 is 1.41 bits per heavy atom. The van der Waals surface area contributed by atoms with Crippen LogP contribution in [0.3, 0.4) is 0 Å². The molecule has 2 heterocycles.